The molecule has 1 aliphatic rings. The van der Waals surface area contributed by atoms with E-state index in [9.17, 15) is 0 Å². The Balaban J connectivity index is 2.00. The number of rotatable bonds is 4. The van der Waals surface area contributed by atoms with E-state index in [2.05, 4.69) is 24.1 Å². The van der Waals surface area contributed by atoms with Crippen molar-refractivity contribution in [1.29, 1.82) is 0 Å². The monoisotopic (exact) mass is 233 g/mol. The van der Waals surface area contributed by atoms with Gasteiger partial charge < -0.3 is 5.32 Å². The van der Waals surface area contributed by atoms with Crippen LogP contribution in [0.25, 0.3) is 0 Å². The minimum Gasteiger partial charge on any atom is -0.309 e. The summed E-state index contributed by atoms with van der Waals surface area (Å²) >= 11 is 0. The second-order valence-electron chi connectivity index (χ2n) is 5.28. The van der Waals surface area contributed by atoms with Gasteiger partial charge >= 0.3 is 0 Å². The van der Waals surface area contributed by atoms with E-state index in [1.165, 1.54) is 32.1 Å². The van der Waals surface area contributed by atoms with E-state index in [-0.39, 0.29) is 0 Å². The van der Waals surface area contributed by atoms with Gasteiger partial charge in [-0.1, -0.05) is 33.1 Å². The minimum absolute atomic E-state index is 0.503. The highest BCUT2D eigenvalue weighted by molar-refractivity contribution is 5.06. The summed E-state index contributed by atoms with van der Waals surface area (Å²) in [5, 5.41) is 3.40. The molecule has 1 N–H and O–H groups in total. The Hall–Kier alpha value is -0.960. The molecular formula is C14H23N3. The van der Waals surface area contributed by atoms with Gasteiger partial charge in [-0.25, -0.2) is 9.97 Å². The highest BCUT2D eigenvalue weighted by Crippen LogP contribution is 2.30. The molecule has 0 saturated heterocycles. The summed E-state index contributed by atoms with van der Waals surface area (Å²) in [6.07, 6.45) is 8.49. The molecule has 3 nitrogen and oxygen atoms in total. The number of nitrogens with zero attached hydrogens (tertiary/aromatic N) is 2. The largest absolute Gasteiger partial charge is 0.309 e. The first-order valence-electron chi connectivity index (χ1n) is 6.81. The normalized spacial score (nSPS) is 17.6. The number of nitrogens with one attached hydrogen (secondary N) is 1. The second-order valence-corrected chi connectivity index (χ2v) is 5.28. The molecule has 1 aromatic heterocycles. The maximum absolute atomic E-state index is 4.69. The highest BCUT2D eigenvalue weighted by Gasteiger charge is 2.18. The summed E-state index contributed by atoms with van der Waals surface area (Å²) in [5.74, 6) is 1.66. The highest BCUT2D eigenvalue weighted by atomic mass is 14.9. The van der Waals surface area contributed by atoms with E-state index < -0.39 is 0 Å². The molecule has 0 spiro atoms. The van der Waals surface area contributed by atoms with Crippen LogP contribution in [0, 0.1) is 0 Å². The Morgan fingerprint density at radius 2 is 2.06 bits per heavy atom. The smallest absolute Gasteiger partial charge is 0.131 e. The Labute approximate surface area is 104 Å². The van der Waals surface area contributed by atoms with E-state index in [1.54, 1.807) is 0 Å². The molecule has 0 aromatic carbocycles. The molecular weight excluding hydrogens is 210 g/mol. The molecule has 0 radical (unpaired) electrons. The molecule has 2 rings (SSSR count). The molecule has 0 amide bonds. The molecule has 1 aromatic rings. The van der Waals surface area contributed by atoms with Gasteiger partial charge in [0.25, 0.3) is 0 Å². The third kappa shape index (κ3) is 3.77. The van der Waals surface area contributed by atoms with Crippen molar-refractivity contribution in [2.45, 2.75) is 64.5 Å². The first-order chi connectivity index (χ1) is 8.25. The van der Waals surface area contributed by atoms with Crippen LogP contribution in [0.1, 0.15) is 63.4 Å². The third-order valence-corrected chi connectivity index (χ3v) is 3.39. The zero-order valence-corrected chi connectivity index (χ0v) is 10.9. The lowest BCUT2D eigenvalue weighted by molar-refractivity contribution is 0.427. The van der Waals surface area contributed by atoms with Crippen LogP contribution in [-0.2, 0) is 6.54 Å². The summed E-state index contributed by atoms with van der Waals surface area (Å²) in [6.45, 7) is 5.16. The number of aromatic nitrogens is 2. The number of hydrogen-bond acceptors (Lipinski definition) is 3. The van der Waals surface area contributed by atoms with Gasteiger partial charge in [0.05, 0.1) is 5.69 Å². The van der Waals surface area contributed by atoms with Crippen molar-refractivity contribution in [3.8, 4) is 0 Å². The van der Waals surface area contributed by atoms with Crippen LogP contribution >= 0.6 is 0 Å². The summed E-state index contributed by atoms with van der Waals surface area (Å²) < 4.78 is 0. The number of hydrogen-bond donors (Lipinski definition) is 1. The molecule has 0 bridgehead atoms. The van der Waals surface area contributed by atoms with E-state index in [4.69, 9.17) is 4.98 Å². The van der Waals surface area contributed by atoms with E-state index in [0.717, 1.165) is 18.1 Å². The summed E-state index contributed by atoms with van der Waals surface area (Å²) in [7, 11) is 0. The molecule has 17 heavy (non-hydrogen) atoms. The van der Waals surface area contributed by atoms with E-state index >= 15 is 0 Å². The van der Waals surface area contributed by atoms with Crippen molar-refractivity contribution < 1.29 is 0 Å². The van der Waals surface area contributed by atoms with Crippen LogP contribution in [-0.4, -0.2) is 16.0 Å². The van der Waals surface area contributed by atoms with E-state index in [0.29, 0.717) is 12.0 Å². The molecule has 1 fully saturated rings. The Bertz CT molecular complexity index is 343. The quantitative estimate of drug-likeness (QED) is 0.868. The fourth-order valence-electron chi connectivity index (χ4n) is 2.38. The first kappa shape index (κ1) is 12.5. The molecule has 0 aliphatic heterocycles. The van der Waals surface area contributed by atoms with Crippen molar-refractivity contribution in [2.75, 3.05) is 0 Å². The molecule has 3 heteroatoms. The SMILES string of the molecule is CC(C)NCc1ccnc(C2CCCCC2)n1. The van der Waals surface area contributed by atoms with E-state index in [1.807, 2.05) is 12.3 Å². The fourth-order valence-corrected chi connectivity index (χ4v) is 2.38. The zero-order chi connectivity index (χ0) is 12.1. The zero-order valence-electron chi connectivity index (χ0n) is 10.9. The van der Waals surface area contributed by atoms with Crippen molar-refractivity contribution in [3.63, 3.8) is 0 Å². The van der Waals surface area contributed by atoms with Crippen LogP contribution in [0.15, 0.2) is 12.3 Å². The van der Waals surface area contributed by atoms with Crippen LogP contribution in [0.5, 0.6) is 0 Å². The molecule has 0 atom stereocenters. The molecule has 0 unspecified atom stereocenters. The van der Waals surface area contributed by atoms with Crippen molar-refractivity contribution in [1.82, 2.24) is 15.3 Å². The van der Waals surface area contributed by atoms with Crippen molar-refractivity contribution >= 4 is 0 Å². The van der Waals surface area contributed by atoms with Gasteiger partial charge in [-0.3, -0.25) is 0 Å². The molecule has 1 heterocycles. The van der Waals surface area contributed by atoms with Crippen LogP contribution in [0.3, 0.4) is 0 Å². The maximum Gasteiger partial charge on any atom is 0.131 e. The van der Waals surface area contributed by atoms with Gasteiger partial charge in [0.2, 0.25) is 0 Å². The first-order valence-corrected chi connectivity index (χ1v) is 6.81. The average molecular weight is 233 g/mol. The topological polar surface area (TPSA) is 37.8 Å². The average Bonchev–Trinajstić information content (AvgIpc) is 2.38. The van der Waals surface area contributed by atoms with Gasteiger partial charge in [0.1, 0.15) is 5.82 Å². The molecule has 94 valence electrons. The van der Waals surface area contributed by atoms with Crippen LogP contribution in [0.4, 0.5) is 0 Å². The minimum atomic E-state index is 0.503. The fraction of sp³-hybridized carbons (Fsp3) is 0.714. The second kappa shape index (κ2) is 6.10. The lowest BCUT2D eigenvalue weighted by Gasteiger charge is -2.20. The van der Waals surface area contributed by atoms with Gasteiger partial charge in [-0.15, -0.1) is 0 Å². The van der Waals surface area contributed by atoms with Crippen molar-refractivity contribution in [3.05, 3.63) is 23.8 Å². The third-order valence-electron chi connectivity index (χ3n) is 3.39. The lowest BCUT2D eigenvalue weighted by atomic mass is 9.88. The Morgan fingerprint density at radius 3 is 2.76 bits per heavy atom. The van der Waals surface area contributed by atoms with Crippen LogP contribution in [0.2, 0.25) is 0 Å². The van der Waals surface area contributed by atoms with Gasteiger partial charge in [-0.2, -0.15) is 0 Å². The summed E-state index contributed by atoms with van der Waals surface area (Å²) in [5.41, 5.74) is 1.12. The standard InChI is InChI=1S/C14H23N3/c1-11(2)16-10-13-8-9-15-14(17-13)12-6-4-3-5-7-12/h8-9,11-12,16H,3-7,10H2,1-2H3. The Kier molecular flexibility index (Phi) is 4.49. The maximum atomic E-state index is 4.69. The lowest BCUT2D eigenvalue weighted by Crippen LogP contribution is -2.23. The van der Waals surface area contributed by atoms with Gasteiger partial charge in [-0.05, 0) is 18.9 Å². The van der Waals surface area contributed by atoms with Gasteiger partial charge in [0.15, 0.2) is 0 Å². The predicted octanol–water partition coefficient (Wildman–Crippen LogP) is 3.02. The molecule has 1 saturated carbocycles. The van der Waals surface area contributed by atoms with Gasteiger partial charge in [0, 0.05) is 24.7 Å². The van der Waals surface area contributed by atoms with Crippen LogP contribution < -0.4 is 5.32 Å². The van der Waals surface area contributed by atoms with Crippen molar-refractivity contribution in [2.24, 2.45) is 0 Å². The molecule has 1 aliphatic carbocycles. The summed E-state index contributed by atoms with van der Waals surface area (Å²) in [6, 6.07) is 2.52. The Morgan fingerprint density at radius 1 is 1.29 bits per heavy atom. The summed E-state index contributed by atoms with van der Waals surface area (Å²) in [4.78, 5) is 9.15. The predicted molar refractivity (Wildman–Crippen MR) is 69.8 cm³/mol.